The first kappa shape index (κ1) is 16.8. The van der Waals surface area contributed by atoms with Crippen LogP contribution in [0.2, 0.25) is 0 Å². The summed E-state index contributed by atoms with van der Waals surface area (Å²) < 4.78 is 18.2. The van der Waals surface area contributed by atoms with Gasteiger partial charge in [-0.15, -0.1) is 0 Å². The predicted molar refractivity (Wildman–Crippen MR) is 73.8 cm³/mol. The van der Waals surface area contributed by atoms with Gasteiger partial charge in [-0.1, -0.05) is 0 Å². The Kier molecular flexibility index (Phi) is 4.84. The number of anilines is 1. The molecule has 8 heteroatoms. The number of hydrogen-bond donors (Lipinski definition) is 2. The van der Waals surface area contributed by atoms with Gasteiger partial charge in [0.25, 0.3) is 5.69 Å². The minimum absolute atomic E-state index is 0.0762. The van der Waals surface area contributed by atoms with Crippen LogP contribution in [-0.2, 0) is 4.74 Å². The molecule has 7 nitrogen and oxygen atoms in total. The molecule has 1 unspecified atom stereocenters. The highest BCUT2D eigenvalue weighted by Gasteiger charge is 2.29. The summed E-state index contributed by atoms with van der Waals surface area (Å²) in [4.78, 5) is 21.7. The van der Waals surface area contributed by atoms with Crippen molar-refractivity contribution >= 4 is 17.3 Å². The number of carbonyl (C=O) groups is 1. The molecule has 1 atom stereocenters. The second-order valence-corrected chi connectivity index (χ2v) is 5.12. The van der Waals surface area contributed by atoms with Gasteiger partial charge in [-0.2, -0.15) is 0 Å². The Morgan fingerprint density at radius 3 is 2.52 bits per heavy atom. The predicted octanol–water partition coefficient (Wildman–Crippen LogP) is 2.09. The van der Waals surface area contributed by atoms with Gasteiger partial charge in [0, 0.05) is 0 Å². The normalized spacial score (nSPS) is 12.7. The van der Waals surface area contributed by atoms with E-state index in [0.717, 1.165) is 13.2 Å². The molecule has 1 aromatic rings. The number of methoxy groups -OCH3 is 1. The third kappa shape index (κ3) is 3.66. The number of aliphatic hydroxyl groups is 1. The monoisotopic (exact) mass is 300 g/mol. The number of aliphatic hydroxyl groups excluding tert-OH is 1. The fraction of sp³-hybridized carbons (Fsp3) is 0.462. The molecule has 0 aromatic heterocycles. The molecule has 0 aliphatic heterocycles. The van der Waals surface area contributed by atoms with Crippen LogP contribution in [0.3, 0.4) is 0 Å². The lowest BCUT2D eigenvalue weighted by atomic mass is 9.97. The number of ether oxygens (including phenoxy) is 1. The quantitative estimate of drug-likeness (QED) is 0.490. The third-order valence-corrected chi connectivity index (χ3v) is 3.19. The van der Waals surface area contributed by atoms with Crippen LogP contribution in [0, 0.1) is 15.9 Å². The highest BCUT2D eigenvalue weighted by Crippen LogP contribution is 2.31. The molecule has 0 aliphatic carbocycles. The maximum Gasteiger partial charge on any atom is 0.340 e. The number of hydrogen-bond acceptors (Lipinski definition) is 6. The molecule has 0 amide bonds. The second kappa shape index (κ2) is 6.04. The van der Waals surface area contributed by atoms with Gasteiger partial charge in [-0.25, -0.2) is 9.18 Å². The first-order valence-corrected chi connectivity index (χ1v) is 6.12. The Hall–Kier alpha value is -2.22. The number of benzene rings is 1. The van der Waals surface area contributed by atoms with Crippen molar-refractivity contribution < 1.29 is 24.0 Å². The van der Waals surface area contributed by atoms with E-state index in [4.69, 9.17) is 0 Å². The van der Waals surface area contributed by atoms with Crippen LogP contribution < -0.4 is 5.32 Å². The van der Waals surface area contributed by atoms with Crippen molar-refractivity contribution in [3.05, 3.63) is 33.6 Å². The Morgan fingerprint density at radius 2 is 2.10 bits per heavy atom. The zero-order valence-corrected chi connectivity index (χ0v) is 12.1. The first-order valence-electron chi connectivity index (χ1n) is 6.12. The van der Waals surface area contributed by atoms with Gasteiger partial charge >= 0.3 is 5.97 Å². The molecular formula is C13H17FN2O5. The number of halogens is 1. The molecule has 21 heavy (non-hydrogen) atoms. The molecule has 0 aliphatic rings. The number of nitro benzene ring substituents is 1. The maximum absolute atomic E-state index is 13.7. The van der Waals surface area contributed by atoms with E-state index in [0.29, 0.717) is 6.07 Å². The zero-order valence-electron chi connectivity index (χ0n) is 12.1. The van der Waals surface area contributed by atoms with E-state index >= 15 is 0 Å². The Bertz CT molecular complexity index is 572. The standard InChI is InChI=1S/C13H17FN2O5/c1-7(17)13(2,3)15-10-5-8(12(18)21-4)9(14)6-11(10)16(19)20/h5-7,15,17H,1-4H3. The van der Waals surface area contributed by atoms with Crippen molar-refractivity contribution in [3.8, 4) is 0 Å². The molecule has 1 aromatic carbocycles. The molecular weight excluding hydrogens is 283 g/mol. The van der Waals surface area contributed by atoms with Gasteiger partial charge in [-0.3, -0.25) is 10.1 Å². The van der Waals surface area contributed by atoms with Crippen LogP contribution in [0.5, 0.6) is 0 Å². The SMILES string of the molecule is COC(=O)c1cc(NC(C)(C)C(C)O)c([N+](=O)[O-])cc1F. The van der Waals surface area contributed by atoms with Crippen molar-refractivity contribution in [2.45, 2.75) is 32.4 Å². The van der Waals surface area contributed by atoms with Crippen molar-refractivity contribution in [1.82, 2.24) is 0 Å². The molecule has 0 radical (unpaired) electrons. The fourth-order valence-corrected chi connectivity index (χ4v) is 1.53. The zero-order chi connectivity index (χ0) is 16.4. The molecule has 0 saturated carbocycles. The summed E-state index contributed by atoms with van der Waals surface area (Å²) in [6, 6.07) is 1.65. The summed E-state index contributed by atoms with van der Waals surface area (Å²) in [6.45, 7) is 4.73. The van der Waals surface area contributed by atoms with Crippen LogP contribution in [0.1, 0.15) is 31.1 Å². The van der Waals surface area contributed by atoms with Crippen molar-refractivity contribution in [1.29, 1.82) is 0 Å². The van der Waals surface area contributed by atoms with E-state index in [2.05, 4.69) is 10.1 Å². The highest BCUT2D eigenvalue weighted by molar-refractivity contribution is 5.92. The van der Waals surface area contributed by atoms with Crippen LogP contribution in [0.25, 0.3) is 0 Å². The van der Waals surface area contributed by atoms with E-state index in [1.54, 1.807) is 13.8 Å². The summed E-state index contributed by atoms with van der Waals surface area (Å²) >= 11 is 0. The Morgan fingerprint density at radius 1 is 1.52 bits per heavy atom. The van der Waals surface area contributed by atoms with Crippen LogP contribution >= 0.6 is 0 Å². The van der Waals surface area contributed by atoms with E-state index in [9.17, 15) is 24.4 Å². The summed E-state index contributed by atoms with van der Waals surface area (Å²) in [5, 5.41) is 23.4. The highest BCUT2D eigenvalue weighted by atomic mass is 19.1. The van der Waals surface area contributed by atoms with Gasteiger partial charge in [0.05, 0.1) is 35.3 Å². The lowest BCUT2D eigenvalue weighted by Gasteiger charge is -2.30. The van der Waals surface area contributed by atoms with E-state index in [-0.39, 0.29) is 5.69 Å². The summed E-state index contributed by atoms with van der Waals surface area (Å²) in [6.07, 6.45) is -0.844. The van der Waals surface area contributed by atoms with Crippen molar-refractivity contribution in [2.24, 2.45) is 0 Å². The van der Waals surface area contributed by atoms with Crippen LogP contribution in [-0.4, -0.2) is 34.8 Å². The van der Waals surface area contributed by atoms with Gasteiger partial charge in [0.1, 0.15) is 11.5 Å². The van der Waals surface area contributed by atoms with Gasteiger partial charge < -0.3 is 15.2 Å². The molecule has 0 fully saturated rings. The van der Waals surface area contributed by atoms with Gasteiger partial charge in [0.15, 0.2) is 0 Å². The van der Waals surface area contributed by atoms with E-state index in [1.807, 2.05) is 0 Å². The number of esters is 1. The lowest BCUT2D eigenvalue weighted by Crippen LogP contribution is -2.42. The molecule has 2 N–H and O–H groups in total. The molecule has 0 heterocycles. The molecule has 0 spiro atoms. The summed E-state index contributed by atoms with van der Waals surface area (Å²) in [5.74, 6) is -1.99. The second-order valence-electron chi connectivity index (χ2n) is 5.12. The smallest absolute Gasteiger partial charge is 0.340 e. The average Bonchev–Trinajstić information content (AvgIpc) is 2.38. The van der Waals surface area contributed by atoms with Crippen molar-refractivity contribution in [2.75, 3.05) is 12.4 Å². The molecule has 116 valence electrons. The summed E-state index contributed by atoms with van der Waals surface area (Å²) in [7, 11) is 1.08. The fourth-order valence-electron chi connectivity index (χ4n) is 1.53. The number of nitrogens with one attached hydrogen (secondary N) is 1. The first-order chi connectivity index (χ1) is 9.60. The largest absolute Gasteiger partial charge is 0.465 e. The van der Waals surface area contributed by atoms with Crippen LogP contribution in [0.4, 0.5) is 15.8 Å². The Labute approximate surface area is 120 Å². The third-order valence-electron chi connectivity index (χ3n) is 3.19. The number of nitrogens with zero attached hydrogens (tertiary/aromatic N) is 1. The van der Waals surface area contributed by atoms with E-state index in [1.165, 1.54) is 6.92 Å². The lowest BCUT2D eigenvalue weighted by molar-refractivity contribution is -0.384. The molecule has 0 bridgehead atoms. The Balaban J connectivity index is 3.40. The number of rotatable bonds is 5. The average molecular weight is 300 g/mol. The molecule has 1 rings (SSSR count). The van der Waals surface area contributed by atoms with Gasteiger partial charge in [-0.05, 0) is 26.8 Å². The maximum atomic E-state index is 13.7. The number of nitro groups is 1. The minimum Gasteiger partial charge on any atom is -0.465 e. The van der Waals surface area contributed by atoms with Crippen LogP contribution in [0.15, 0.2) is 12.1 Å². The minimum atomic E-state index is -1.05. The number of carbonyl (C=O) groups excluding carboxylic acids is 1. The topological polar surface area (TPSA) is 102 Å². The summed E-state index contributed by atoms with van der Waals surface area (Å²) in [5.41, 5.74) is -1.95. The van der Waals surface area contributed by atoms with Gasteiger partial charge in [0.2, 0.25) is 0 Å². The van der Waals surface area contributed by atoms with E-state index < -0.39 is 39.6 Å². The van der Waals surface area contributed by atoms with Crippen molar-refractivity contribution in [3.63, 3.8) is 0 Å². The molecule has 0 saturated heterocycles.